The van der Waals surface area contributed by atoms with Gasteiger partial charge in [-0.1, -0.05) is 12.1 Å². The molecular weight excluding hydrogens is 268 g/mol. The minimum absolute atomic E-state index is 0.107. The van der Waals surface area contributed by atoms with Gasteiger partial charge >= 0.3 is 0 Å². The van der Waals surface area contributed by atoms with Crippen molar-refractivity contribution in [3.05, 3.63) is 29.8 Å². The third-order valence-electron chi connectivity index (χ3n) is 4.28. The Morgan fingerprint density at radius 3 is 2.71 bits per heavy atom. The summed E-state index contributed by atoms with van der Waals surface area (Å²) in [7, 11) is 0. The van der Waals surface area contributed by atoms with Crippen LogP contribution >= 0.6 is 0 Å². The molecule has 1 aliphatic carbocycles. The molecule has 1 amide bonds. The maximum atomic E-state index is 12.2. The Hall–Kier alpha value is -1.59. The first-order valence-electron chi connectivity index (χ1n) is 7.59. The first-order chi connectivity index (χ1) is 10.1. The Morgan fingerprint density at radius 1 is 1.33 bits per heavy atom. The molecular formula is C16H22N2O3. The van der Waals surface area contributed by atoms with E-state index in [9.17, 15) is 9.90 Å². The van der Waals surface area contributed by atoms with Crippen molar-refractivity contribution in [2.24, 2.45) is 11.7 Å². The van der Waals surface area contributed by atoms with Gasteiger partial charge < -0.3 is 20.9 Å². The first kappa shape index (κ1) is 14.4. The minimum atomic E-state index is -0.574. The maximum Gasteiger partial charge on any atom is 0.237 e. The molecule has 114 valence electrons. The second kappa shape index (κ2) is 6.03. The van der Waals surface area contributed by atoms with Crippen molar-refractivity contribution >= 4 is 5.91 Å². The van der Waals surface area contributed by atoms with Crippen LogP contribution in [-0.4, -0.2) is 35.8 Å². The van der Waals surface area contributed by atoms with Crippen molar-refractivity contribution in [2.75, 3.05) is 6.61 Å². The number of phenols is 1. The lowest BCUT2D eigenvalue weighted by molar-refractivity contribution is -0.123. The molecule has 1 saturated carbocycles. The molecule has 2 fully saturated rings. The lowest BCUT2D eigenvalue weighted by Gasteiger charge is -2.21. The Morgan fingerprint density at radius 2 is 2.05 bits per heavy atom. The van der Waals surface area contributed by atoms with E-state index in [4.69, 9.17) is 10.5 Å². The van der Waals surface area contributed by atoms with Gasteiger partial charge in [0.1, 0.15) is 5.75 Å². The Labute approximate surface area is 124 Å². The van der Waals surface area contributed by atoms with Crippen molar-refractivity contribution < 1.29 is 14.6 Å². The van der Waals surface area contributed by atoms with Crippen LogP contribution in [0.4, 0.5) is 0 Å². The predicted octanol–water partition coefficient (Wildman–Crippen LogP) is 0.946. The molecule has 0 radical (unpaired) electrons. The molecule has 21 heavy (non-hydrogen) atoms. The molecule has 1 heterocycles. The summed E-state index contributed by atoms with van der Waals surface area (Å²) in [6.07, 6.45) is 3.93. The predicted molar refractivity (Wildman–Crippen MR) is 78.8 cm³/mol. The fourth-order valence-corrected chi connectivity index (χ4v) is 2.92. The van der Waals surface area contributed by atoms with E-state index in [1.807, 2.05) is 0 Å². The summed E-state index contributed by atoms with van der Waals surface area (Å²) in [6, 6.07) is 6.32. The van der Waals surface area contributed by atoms with Gasteiger partial charge in [0.05, 0.1) is 18.2 Å². The highest BCUT2D eigenvalue weighted by atomic mass is 16.5. The summed E-state index contributed by atoms with van der Waals surface area (Å²) in [6.45, 7) is 0.722. The number of carbonyl (C=O) groups is 1. The quantitative estimate of drug-likeness (QED) is 0.753. The van der Waals surface area contributed by atoms with E-state index in [0.29, 0.717) is 12.3 Å². The van der Waals surface area contributed by atoms with Crippen molar-refractivity contribution in [2.45, 2.75) is 43.9 Å². The molecule has 2 aliphatic rings. The fourth-order valence-electron chi connectivity index (χ4n) is 2.92. The van der Waals surface area contributed by atoms with Crippen LogP contribution in [-0.2, 0) is 16.0 Å². The SMILES string of the molecule is N[C@H](Cc1ccc(O)cc1)C(=O)NC1CCOC1C1CC1. The lowest BCUT2D eigenvalue weighted by atomic mass is 10.0. The number of nitrogens with one attached hydrogen (secondary N) is 1. The topological polar surface area (TPSA) is 84.6 Å². The summed E-state index contributed by atoms with van der Waals surface area (Å²) < 4.78 is 5.72. The minimum Gasteiger partial charge on any atom is -0.508 e. The average molecular weight is 290 g/mol. The monoisotopic (exact) mass is 290 g/mol. The van der Waals surface area contributed by atoms with Crippen LogP contribution in [0.15, 0.2) is 24.3 Å². The van der Waals surface area contributed by atoms with E-state index in [1.165, 1.54) is 12.8 Å². The van der Waals surface area contributed by atoms with Crippen molar-refractivity contribution in [3.63, 3.8) is 0 Å². The lowest BCUT2D eigenvalue weighted by Crippen LogP contribution is -2.49. The van der Waals surface area contributed by atoms with Crippen LogP contribution in [0.3, 0.4) is 0 Å². The summed E-state index contributed by atoms with van der Waals surface area (Å²) >= 11 is 0. The summed E-state index contributed by atoms with van der Waals surface area (Å²) in [5, 5.41) is 12.3. The van der Waals surface area contributed by atoms with Gasteiger partial charge in [0.15, 0.2) is 0 Å². The molecule has 4 N–H and O–H groups in total. The Kier molecular flexibility index (Phi) is 4.12. The molecule has 5 heteroatoms. The van der Waals surface area contributed by atoms with Gasteiger partial charge in [-0.2, -0.15) is 0 Å². The molecule has 0 bridgehead atoms. The molecule has 1 saturated heterocycles. The molecule has 2 unspecified atom stereocenters. The van der Waals surface area contributed by atoms with Crippen LogP contribution in [0.1, 0.15) is 24.8 Å². The molecule has 3 atom stereocenters. The highest BCUT2D eigenvalue weighted by Gasteiger charge is 2.41. The van der Waals surface area contributed by atoms with E-state index in [-0.39, 0.29) is 23.8 Å². The molecule has 0 aromatic heterocycles. The van der Waals surface area contributed by atoms with Gasteiger partial charge in [0.25, 0.3) is 0 Å². The third kappa shape index (κ3) is 3.54. The van der Waals surface area contributed by atoms with Crippen LogP contribution in [0.25, 0.3) is 0 Å². The number of nitrogens with two attached hydrogens (primary N) is 1. The molecule has 3 rings (SSSR count). The normalized spacial score (nSPS) is 26.5. The highest BCUT2D eigenvalue weighted by Crippen LogP contribution is 2.38. The Balaban J connectivity index is 1.53. The second-order valence-electron chi connectivity index (χ2n) is 6.05. The van der Waals surface area contributed by atoms with Crippen molar-refractivity contribution in [1.29, 1.82) is 0 Å². The first-order valence-corrected chi connectivity index (χ1v) is 7.59. The number of benzene rings is 1. The molecule has 1 aromatic carbocycles. The number of rotatable bonds is 5. The van der Waals surface area contributed by atoms with Gasteiger partial charge in [-0.3, -0.25) is 4.79 Å². The van der Waals surface area contributed by atoms with Crippen LogP contribution in [0.5, 0.6) is 5.75 Å². The van der Waals surface area contributed by atoms with Gasteiger partial charge in [-0.05, 0) is 49.3 Å². The molecule has 0 spiro atoms. The van der Waals surface area contributed by atoms with Gasteiger partial charge in [-0.15, -0.1) is 0 Å². The number of carbonyl (C=O) groups excluding carboxylic acids is 1. The number of hydrogen-bond acceptors (Lipinski definition) is 4. The van der Waals surface area contributed by atoms with E-state index < -0.39 is 6.04 Å². The number of hydrogen-bond donors (Lipinski definition) is 3. The van der Waals surface area contributed by atoms with Gasteiger partial charge in [-0.25, -0.2) is 0 Å². The van der Waals surface area contributed by atoms with Crippen LogP contribution in [0.2, 0.25) is 0 Å². The molecule has 1 aromatic rings. The van der Waals surface area contributed by atoms with Crippen LogP contribution in [0, 0.1) is 5.92 Å². The van der Waals surface area contributed by atoms with Gasteiger partial charge in [0, 0.05) is 6.61 Å². The zero-order valence-electron chi connectivity index (χ0n) is 12.0. The molecule has 5 nitrogen and oxygen atoms in total. The highest BCUT2D eigenvalue weighted by molar-refractivity contribution is 5.82. The summed E-state index contributed by atoms with van der Waals surface area (Å²) in [5.74, 6) is 0.711. The molecule has 1 aliphatic heterocycles. The fraction of sp³-hybridized carbons (Fsp3) is 0.562. The summed E-state index contributed by atoms with van der Waals surface area (Å²) in [4.78, 5) is 12.2. The van der Waals surface area contributed by atoms with Crippen LogP contribution < -0.4 is 11.1 Å². The second-order valence-corrected chi connectivity index (χ2v) is 6.05. The average Bonchev–Trinajstić information content (AvgIpc) is 3.21. The van der Waals surface area contributed by atoms with Crippen molar-refractivity contribution in [1.82, 2.24) is 5.32 Å². The van der Waals surface area contributed by atoms with E-state index in [2.05, 4.69) is 5.32 Å². The van der Waals surface area contributed by atoms with E-state index in [0.717, 1.165) is 18.6 Å². The number of amides is 1. The zero-order chi connectivity index (χ0) is 14.8. The standard InChI is InChI=1S/C16H22N2O3/c17-13(9-10-1-5-12(19)6-2-10)16(20)18-14-7-8-21-15(14)11-3-4-11/h1-2,5-6,11,13-15,19H,3-4,7-9,17H2,(H,18,20)/t13-,14?,15?/m1/s1. The zero-order valence-corrected chi connectivity index (χ0v) is 12.0. The van der Waals surface area contributed by atoms with E-state index in [1.54, 1.807) is 24.3 Å². The van der Waals surface area contributed by atoms with Gasteiger partial charge in [0.2, 0.25) is 5.91 Å². The third-order valence-corrected chi connectivity index (χ3v) is 4.28. The summed E-state index contributed by atoms with van der Waals surface area (Å²) in [5.41, 5.74) is 6.93. The number of ether oxygens (including phenoxy) is 1. The number of phenolic OH excluding ortho intramolecular Hbond substituents is 1. The van der Waals surface area contributed by atoms with Crippen molar-refractivity contribution in [3.8, 4) is 5.75 Å². The smallest absolute Gasteiger partial charge is 0.237 e. The van der Waals surface area contributed by atoms with E-state index >= 15 is 0 Å². The maximum absolute atomic E-state index is 12.2. The Bertz CT molecular complexity index is 499. The largest absolute Gasteiger partial charge is 0.508 e. The number of aromatic hydroxyl groups is 1.